The fraction of sp³-hybridized carbons (Fsp3) is 0.362. The first-order valence-corrected chi connectivity index (χ1v) is 50.7. The quantitative estimate of drug-likeness (QED) is 0.0509. The van der Waals surface area contributed by atoms with Crippen LogP contribution in [0, 0.1) is 0 Å². The van der Waals surface area contributed by atoms with E-state index in [-0.39, 0.29) is 89.4 Å². The van der Waals surface area contributed by atoms with Crippen molar-refractivity contribution in [2.45, 2.75) is 149 Å². The van der Waals surface area contributed by atoms with Gasteiger partial charge in [0.1, 0.15) is 22.7 Å². The molecule has 11 rings (SSSR count). The maximum atomic E-state index is 11.7. The van der Waals surface area contributed by atoms with Gasteiger partial charge in [-0.15, -0.1) is 6.58 Å². The van der Waals surface area contributed by atoms with Crippen LogP contribution in [-0.2, 0) is 28.1 Å². The van der Waals surface area contributed by atoms with Crippen LogP contribution in [0.2, 0.25) is 0 Å². The topological polar surface area (TPSA) is 194 Å². The van der Waals surface area contributed by atoms with Gasteiger partial charge in [0, 0.05) is 49.9 Å². The Kier molecular flexibility index (Phi) is 34.0. The Morgan fingerprint density at radius 3 is 1.49 bits per heavy atom. The zero-order valence-electron chi connectivity index (χ0n) is 55.3. The second kappa shape index (κ2) is 38.3. The molecule has 3 fully saturated rings. The van der Waals surface area contributed by atoms with Gasteiger partial charge in [-0.25, -0.2) is 4.67 Å². The van der Waals surface area contributed by atoms with Gasteiger partial charge in [-0.3, -0.25) is 9.59 Å². The number of fused-ring (bicyclic) bond motifs is 6. The van der Waals surface area contributed by atoms with E-state index in [1.165, 1.54) is 147 Å². The number of ether oxygens (including phenoxy) is 2. The summed E-state index contributed by atoms with van der Waals surface area (Å²) in [5.41, 5.74) is 12.6. The Bertz CT molecular complexity index is 3810. The third-order valence-electron chi connectivity index (χ3n) is 16.3. The molecule has 3 heterocycles. The summed E-state index contributed by atoms with van der Waals surface area (Å²) in [5, 5.41) is 19.8. The molecule has 2 N–H and O–H groups in total. The van der Waals surface area contributed by atoms with Crippen molar-refractivity contribution >= 4 is 202 Å². The summed E-state index contributed by atoms with van der Waals surface area (Å²) in [6.07, 6.45) is 14.2. The number of carbonyl (C=O) groups is 2. The molecule has 2 aliphatic carbocycles. The third kappa shape index (κ3) is 21.0. The van der Waals surface area contributed by atoms with Gasteiger partial charge in [0.25, 0.3) is 0 Å². The maximum absolute atomic E-state index is 11.7. The first kappa shape index (κ1) is 80.6. The summed E-state index contributed by atoms with van der Waals surface area (Å²) in [6.45, 7) is 28.9. The van der Waals surface area contributed by atoms with E-state index in [0.717, 1.165) is 97.8 Å². The first-order valence-electron chi connectivity index (χ1n) is 30.5. The number of nitrogens with one attached hydrogen (secondary N) is 2. The van der Waals surface area contributed by atoms with Crippen molar-refractivity contribution in [2.24, 2.45) is 0 Å². The van der Waals surface area contributed by atoms with E-state index in [2.05, 4.69) is 103 Å². The second-order valence-corrected chi connectivity index (χ2v) is 28.4. The number of benzene rings is 6. The number of amides is 2. The summed E-state index contributed by atoms with van der Waals surface area (Å²) in [5.74, 6) is 1.56. The molecule has 14 nitrogen and oxygen atoms in total. The van der Waals surface area contributed by atoms with Gasteiger partial charge >= 0.3 is 130 Å². The molecule has 1 aliphatic heterocycles. The van der Waals surface area contributed by atoms with Crippen LogP contribution in [0.15, 0.2) is 146 Å². The van der Waals surface area contributed by atoms with E-state index in [1.54, 1.807) is 19.5 Å². The van der Waals surface area contributed by atoms with Gasteiger partial charge in [0.15, 0.2) is 11.2 Å². The molecule has 468 valence electrons. The molecule has 1 saturated heterocycles. The number of furan rings is 2. The number of halogens is 2. The summed E-state index contributed by atoms with van der Waals surface area (Å²) in [4.78, 5) is 31.9. The van der Waals surface area contributed by atoms with Crippen molar-refractivity contribution in [1.29, 1.82) is 0 Å². The fourth-order valence-electron chi connectivity index (χ4n) is 11.5. The average molecular weight is 1480 g/mol. The van der Waals surface area contributed by atoms with Crippen LogP contribution < -0.4 is 86.9 Å². The average Bonchev–Trinajstić information content (AvgIpc) is 1.69. The van der Waals surface area contributed by atoms with Crippen LogP contribution in [0.5, 0.6) is 11.5 Å². The molecule has 0 spiro atoms. The summed E-state index contributed by atoms with van der Waals surface area (Å²) in [7, 11) is -0.0373. The second-order valence-electron chi connectivity index (χ2n) is 23.4. The van der Waals surface area contributed by atoms with Crippen LogP contribution in [0.1, 0.15) is 138 Å². The zero-order valence-corrected chi connectivity index (χ0v) is 69.6. The van der Waals surface area contributed by atoms with E-state index in [1.807, 2.05) is 115 Å². The van der Waals surface area contributed by atoms with Crippen LogP contribution in [0.3, 0.4) is 0 Å². The Morgan fingerprint density at radius 1 is 0.637 bits per heavy atom. The zero-order chi connectivity index (χ0) is 66.2. The van der Waals surface area contributed by atoms with Crippen LogP contribution in [0.25, 0.3) is 66.2 Å². The Balaban J connectivity index is 0.000000219. The van der Waals surface area contributed by atoms with Crippen molar-refractivity contribution in [3.05, 3.63) is 148 Å². The Hall–Kier alpha value is -1.06. The van der Waals surface area contributed by atoms with E-state index >= 15 is 0 Å². The van der Waals surface area contributed by atoms with E-state index in [4.69, 9.17) is 42.3 Å². The van der Waals surface area contributed by atoms with Crippen LogP contribution in [0.4, 0.5) is 11.4 Å². The monoisotopic (exact) mass is 1480 g/mol. The molecule has 0 bridgehead atoms. The number of rotatable bonds is 12. The molecular formula is C69H80BBr2K3N2O12P2. The van der Waals surface area contributed by atoms with Gasteiger partial charge in [-0.2, -0.15) is 0 Å². The van der Waals surface area contributed by atoms with Gasteiger partial charge in [-0.05, 0) is 180 Å². The minimum atomic E-state index is -3.15. The van der Waals surface area contributed by atoms with Gasteiger partial charge in [-0.1, -0.05) is 137 Å². The summed E-state index contributed by atoms with van der Waals surface area (Å²) in [6, 6.07) is 34.9. The minimum absolute atomic E-state index is 0. The van der Waals surface area contributed by atoms with Gasteiger partial charge in [0.2, 0.25) is 11.8 Å². The standard InChI is InChI=1S/C26H35O2P.C20H19NO2.C14H9Br2NO2.C9H17BO2.3K.HO4P/c1-27-23-17-11-18-24(28-2)26(23)22-16-9-10-19-25(22)29(20-12-5-3-6-13-20)21-14-7-4-8-15-21;1-11(2)15-10-16(12(3)4)19(21-13(5)22)20-18(15)14-8-6-7-9-17(14)23-20;1-7(18)17-13-10(16)6-9(15)12-8-4-2-3-5-11(8)19-14(12)13;1-7(2)10-11-8(3,4)9(5,6)12-10;;;;1-4-5(2)3/h9-11,16-21H,3-8,12-15H2,1-2H3;6-10H,1,3H2,2,4-5H3,(H,21,22);2-6H,1H3,(H,17,18);1H2,2-6H3;;;;1H/q;;;;;;+1;/p-1. The van der Waals surface area contributed by atoms with Crippen LogP contribution in [-0.4, -0.2) is 119 Å². The molecule has 1 unspecified atom stereocenters. The predicted molar refractivity (Wildman–Crippen MR) is 377 cm³/mol. The van der Waals surface area contributed by atoms with Crippen molar-refractivity contribution in [1.82, 2.24) is 0 Å². The normalized spacial score (nSPS) is 15.2. The van der Waals surface area contributed by atoms with Crippen molar-refractivity contribution in [3.8, 4) is 22.6 Å². The molecule has 8 aromatic rings. The molecule has 2 amide bonds. The third-order valence-corrected chi connectivity index (χ3v) is 21.2. The molecule has 3 aliphatic rings. The SMILES string of the molecule is C=C(C)B1OC(C)(C)C(C)(C)O1.C=C(C)c1cc(C(=C)C)c2c(oc3ccccc32)c1NC(C)=O.CC(=O)Nc1c(Br)cc(Br)c2c1oc1ccccc12.COc1cccc(OC)c1-c1ccccc1P(C1CCCCC1)C1CCCCC1.O=[P+]([O-])O[O-].[K+].[K][K]. The Labute approximate surface area is 644 Å². The molecule has 22 heteroatoms. The number of para-hydroxylation sites is 2. The van der Waals surface area contributed by atoms with Gasteiger partial charge in [0.05, 0.1) is 42.4 Å². The molecule has 6 aromatic carbocycles. The number of hydrogen-bond donors (Lipinski definition) is 2. The fourth-order valence-corrected chi connectivity index (χ4v) is 16.9. The van der Waals surface area contributed by atoms with E-state index < -0.39 is 8.25 Å². The number of hydrogen-bond acceptors (Lipinski definition) is 12. The molecule has 1 atom stereocenters. The van der Waals surface area contributed by atoms with Gasteiger partial charge < -0.3 is 48.4 Å². The predicted octanol–water partition coefficient (Wildman–Crippen LogP) is 14.6. The van der Waals surface area contributed by atoms with E-state index in [9.17, 15) is 9.59 Å². The van der Waals surface area contributed by atoms with E-state index in [0.29, 0.717) is 22.5 Å². The molecule has 2 aromatic heterocycles. The number of methoxy groups -OCH3 is 2. The Morgan fingerprint density at radius 2 is 1.07 bits per heavy atom. The van der Waals surface area contributed by atoms with Crippen molar-refractivity contribution < 1.29 is 108 Å². The van der Waals surface area contributed by atoms with Crippen LogP contribution >= 0.6 is 48.0 Å². The molecule has 0 radical (unpaired) electrons. The molecule has 2 saturated carbocycles. The van der Waals surface area contributed by atoms with Crippen molar-refractivity contribution in [2.75, 3.05) is 24.9 Å². The first-order chi connectivity index (χ1) is 42.8. The summed E-state index contributed by atoms with van der Waals surface area (Å²) < 4.78 is 48.0. The number of carbonyl (C=O) groups excluding carboxylic acids is 2. The number of anilines is 2. The summed E-state index contributed by atoms with van der Waals surface area (Å²) >= 11 is 9.49. The number of allylic oxidation sites excluding steroid dienone is 3. The molecule has 91 heavy (non-hydrogen) atoms. The van der Waals surface area contributed by atoms with Crippen molar-refractivity contribution in [3.63, 3.8) is 0 Å². The molecular weight excluding hydrogens is 1400 g/mol.